The molecule has 2 aromatic carbocycles. The molecule has 9 heteroatoms. The first-order valence-electron chi connectivity index (χ1n) is 7.73. The third-order valence-electron chi connectivity index (χ3n) is 3.64. The number of carbonyl (C=O) groups is 1. The summed E-state index contributed by atoms with van der Waals surface area (Å²) in [4.78, 5) is 12.2. The van der Waals surface area contributed by atoms with Crippen molar-refractivity contribution in [2.24, 2.45) is 0 Å². The van der Waals surface area contributed by atoms with Gasteiger partial charge in [0, 0.05) is 17.3 Å². The van der Waals surface area contributed by atoms with E-state index in [2.05, 4.69) is 5.32 Å². The number of ether oxygens (including phenoxy) is 1. The molecule has 2 rings (SSSR count). The lowest BCUT2D eigenvalue weighted by Gasteiger charge is -2.23. The Labute approximate surface area is 163 Å². The Morgan fingerprint density at radius 2 is 1.96 bits per heavy atom. The van der Waals surface area contributed by atoms with Crippen molar-refractivity contribution in [1.29, 1.82) is 0 Å². The van der Waals surface area contributed by atoms with Crippen LogP contribution in [0.2, 0.25) is 5.02 Å². The number of nitrogens with one attached hydrogen (secondary N) is 1. The summed E-state index contributed by atoms with van der Waals surface area (Å²) in [6.07, 6.45) is 0.338. The van der Waals surface area contributed by atoms with Crippen LogP contribution in [0.3, 0.4) is 0 Å². The quantitative estimate of drug-likeness (QED) is 0.567. The molecule has 0 heterocycles. The molecule has 148 valence electrons. The molecular formula is C19H14ClF4NO3. The van der Waals surface area contributed by atoms with Gasteiger partial charge in [0.15, 0.2) is 5.60 Å². The molecule has 2 N–H and O–H groups in total. The molecule has 0 saturated heterocycles. The van der Waals surface area contributed by atoms with Gasteiger partial charge in [-0.15, -0.1) is 6.42 Å². The van der Waals surface area contributed by atoms with E-state index in [4.69, 9.17) is 22.8 Å². The summed E-state index contributed by atoms with van der Waals surface area (Å²) in [5, 5.41) is 12.3. The second kappa shape index (κ2) is 8.09. The van der Waals surface area contributed by atoms with Crippen LogP contribution in [0.5, 0.6) is 5.75 Å². The molecule has 0 aromatic heterocycles. The molecule has 4 nitrogen and oxygen atoms in total. The zero-order valence-electron chi connectivity index (χ0n) is 14.4. The van der Waals surface area contributed by atoms with E-state index in [0.717, 1.165) is 19.1 Å². The van der Waals surface area contributed by atoms with Crippen molar-refractivity contribution in [2.45, 2.75) is 18.7 Å². The van der Waals surface area contributed by atoms with Crippen molar-refractivity contribution in [2.75, 3.05) is 11.9 Å². The van der Waals surface area contributed by atoms with Crippen molar-refractivity contribution in [3.8, 4) is 18.1 Å². The first-order chi connectivity index (χ1) is 12.9. The lowest BCUT2D eigenvalue weighted by molar-refractivity contribution is -0.138. The van der Waals surface area contributed by atoms with Crippen LogP contribution < -0.4 is 10.1 Å². The number of rotatable bonds is 5. The van der Waals surface area contributed by atoms with E-state index in [1.165, 1.54) is 18.2 Å². The van der Waals surface area contributed by atoms with Crippen LogP contribution in [0.25, 0.3) is 0 Å². The van der Waals surface area contributed by atoms with Crippen molar-refractivity contribution in [3.63, 3.8) is 0 Å². The fourth-order valence-corrected chi connectivity index (χ4v) is 2.22. The minimum atomic E-state index is -4.72. The van der Waals surface area contributed by atoms with Crippen LogP contribution in [0.1, 0.15) is 18.1 Å². The number of halogens is 5. The second-order valence-corrected chi connectivity index (χ2v) is 6.40. The van der Waals surface area contributed by atoms with E-state index < -0.39 is 35.7 Å². The number of carbonyl (C=O) groups excluding carboxylic acids is 1. The Bertz CT molecular complexity index is 936. The molecule has 1 amide bonds. The maximum Gasteiger partial charge on any atom is 0.417 e. The van der Waals surface area contributed by atoms with E-state index in [9.17, 15) is 27.5 Å². The van der Waals surface area contributed by atoms with Crippen molar-refractivity contribution < 1.29 is 32.2 Å². The molecule has 0 aliphatic carbocycles. The number of amides is 1. The van der Waals surface area contributed by atoms with Gasteiger partial charge >= 0.3 is 6.18 Å². The third kappa shape index (κ3) is 5.15. The average molecular weight is 416 g/mol. The average Bonchev–Trinajstić information content (AvgIpc) is 2.62. The molecular weight excluding hydrogens is 402 g/mol. The van der Waals surface area contributed by atoms with Gasteiger partial charge in [0.25, 0.3) is 5.91 Å². The maximum absolute atomic E-state index is 13.4. The van der Waals surface area contributed by atoms with Crippen molar-refractivity contribution >= 4 is 23.2 Å². The lowest BCUT2D eigenvalue weighted by atomic mass is 10.0. The van der Waals surface area contributed by atoms with Crippen LogP contribution in [0.15, 0.2) is 36.4 Å². The predicted molar refractivity (Wildman–Crippen MR) is 95.5 cm³/mol. The molecule has 0 unspecified atom stereocenters. The summed E-state index contributed by atoms with van der Waals surface area (Å²) in [6.45, 7) is 0.504. The highest BCUT2D eigenvalue weighted by Crippen LogP contribution is 2.33. The highest BCUT2D eigenvalue weighted by molar-refractivity contribution is 6.30. The number of anilines is 1. The van der Waals surface area contributed by atoms with Gasteiger partial charge in [-0.2, -0.15) is 13.2 Å². The summed E-state index contributed by atoms with van der Waals surface area (Å²) in [6, 6.07) is 6.39. The zero-order valence-corrected chi connectivity index (χ0v) is 15.2. The molecule has 0 spiro atoms. The standard InChI is InChI=1S/C19H14ClF4NO3/c1-3-11-4-5-12(8-14(11)19(22,23)24)25-17(26)18(2,27)10-28-13-6-7-15(20)16(21)9-13/h1,4-9,27H,10H2,2H3,(H,25,26)/t18-/m0/s1. The molecule has 0 bridgehead atoms. The number of aliphatic hydroxyl groups is 1. The van der Waals surface area contributed by atoms with E-state index >= 15 is 0 Å². The molecule has 2 aromatic rings. The first-order valence-corrected chi connectivity index (χ1v) is 8.11. The summed E-state index contributed by atoms with van der Waals surface area (Å²) in [5.41, 5.74) is -3.82. The van der Waals surface area contributed by atoms with E-state index in [1.807, 2.05) is 5.92 Å². The topological polar surface area (TPSA) is 58.6 Å². The minimum absolute atomic E-state index is 0.00713. The normalized spacial score (nSPS) is 13.4. The molecule has 0 aliphatic heterocycles. The summed E-state index contributed by atoms with van der Waals surface area (Å²) in [5.74, 6) is 0.147. The molecule has 0 fully saturated rings. The van der Waals surface area contributed by atoms with Gasteiger partial charge < -0.3 is 15.2 Å². The van der Waals surface area contributed by atoms with Crippen LogP contribution in [0.4, 0.5) is 23.2 Å². The minimum Gasteiger partial charge on any atom is -0.490 e. The predicted octanol–water partition coefficient (Wildman–Crippen LogP) is 4.25. The van der Waals surface area contributed by atoms with Gasteiger partial charge in [-0.25, -0.2) is 4.39 Å². The second-order valence-electron chi connectivity index (χ2n) is 6.00. The summed E-state index contributed by atoms with van der Waals surface area (Å²) >= 11 is 5.54. The van der Waals surface area contributed by atoms with E-state index in [1.54, 1.807) is 0 Å². The Balaban J connectivity index is 2.12. The van der Waals surface area contributed by atoms with E-state index in [-0.39, 0.29) is 22.0 Å². The van der Waals surface area contributed by atoms with Crippen molar-refractivity contribution in [1.82, 2.24) is 0 Å². The third-order valence-corrected chi connectivity index (χ3v) is 3.94. The van der Waals surface area contributed by atoms with Crippen molar-refractivity contribution in [3.05, 3.63) is 58.4 Å². The Morgan fingerprint density at radius 3 is 2.54 bits per heavy atom. The Morgan fingerprint density at radius 1 is 1.29 bits per heavy atom. The fraction of sp³-hybridized carbons (Fsp3) is 0.211. The van der Waals surface area contributed by atoms with Crippen LogP contribution in [-0.2, 0) is 11.0 Å². The monoisotopic (exact) mass is 415 g/mol. The first kappa shape index (κ1) is 21.5. The summed E-state index contributed by atoms with van der Waals surface area (Å²) in [7, 11) is 0. The molecule has 0 saturated carbocycles. The number of hydrogen-bond donors (Lipinski definition) is 2. The Hall–Kier alpha value is -2.76. The molecule has 0 radical (unpaired) electrons. The molecule has 28 heavy (non-hydrogen) atoms. The van der Waals surface area contributed by atoms with Gasteiger partial charge in [-0.3, -0.25) is 4.79 Å². The maximum atomic E-state index is 13.4. The van der Waals surface area contributed by atoms with Gasteiger partial charge in [0.1, 0.15) is 18.2 Å². The highest BCUT2D eigenvalue weighted by atomic mass is 35.5. The highest BCUT2D eigenvalue weighted by Gasteiger charge is 2.35. The largest absolute Gasteiger partial charge is 0.490 e. The number of terminal acetylenes is 1. The van der Waals surface area contributed by atoms with Crippen LogP contribution in [-0.4, -0.2) is 23.2 Å². The smallest absolute Gasteiger partial charge is 0.417 e. The van der Waals surface area contributed by atoms with E-state index in [0.29, 0.717) is 6.07 Å². The van der Waals surface area contributed by atoms with Crippen LogP contribution >= 0.6 is 11.6 Å². The molecule has 1 atom stereocenters. The Kier molecular flexibility index (Phi) is 6.22. The van der Waals surface area contributed by atoms with Crippen LogP contribution in [0, 0.1) is 18.2 Å². The number of hydrogen-bond acceptors (Lipinski definition) is 3. The summed E-state index contributed by atoms with van der Waals surface area (Å²) < 4.78 is 57.7. The van der Waals surface area contributed by atoms with Gasteiger partial charge in [-0.05, 0) is 37.3 Å². The number of benzene rings is 2. The van der Waals surface area contributed by atoms with Gasteiger partial charge in [-0.1, -0.05) is 17.5 Å². The fourth-order valence-electron chi connectivity index (χ4n) is 2.10. The zero-order chi connectivity index (χ0) is 21.1. The SMILES string of the molecule is C#Cc1ccc(NC(=O)[C@@](C)(O)COc2ccc(Cl)c(F)c2)cc1C(F)(F)F. The lowest BCUT2D eigenvalue weighted by Crippen LogP contribution is -2.45. The van der Waals surface area contributed by atoms with Gasteiger partial charge in [0.2, 0.25) is 0 Å². The number of alkyl halides is 3. The molecule has 0 aliphatic rings. The van der Waals surface area contributed by atoms with Gasteiger partial charge in [0.05, 0.1) is 10.6 Å².